The Hall–Kier alpha value is -0.860. The van der Waals surface area contributed by atoms with Crippen molar-refractivity contribution in [2.24, 2.45) is 0 Å². The summed E-state index contributed by atoms with van der Waals surface area (Å²) in [4.78, 5) is 0. The number of benzene rings is 1. The van der Waals surface area contributed by atoms with Gasteiger partial charge in [0, 0.05) is 6.61 Å². The fourth-order valence-corrected chi connectivity index (χ4v) is 3.00. The standard InChI is InChI=1S/C16H24O2/c1-4-18-16(9-5-6-10-16)15(17)14-8-7-12(2)13(3)11-14/h7-8,11,15,17H,4-6,9-10H2,1-3H3. The first-order valence-corrected chi connectivity index (χ1v) is 6.98. The number of aryl methyl sites for hydroxylation is 2. The molecule has 0 bridgehead atoms. The smallest absolute Gasteiger partial charge is 0.108 e. The minimum atomic E-state index is -0.501. The van der Waals surface area contributed by atoms with Crippen LogP contribution < -0.4 is 0 Å². The lowest BCUT2D eigenvalue weighted by Crippen LogP contribution is -2.36. The Labute approximate surface area is 110 Å². The summed E-state index contributed by atoms with van der Waals surface area (Å²) in [5, 5.41) is 10.7. The Morgan fingerprint density at radius 2 is 1.89 bits per heavy atom. The SMILES string of the molecule is CCOC1(C(O)c2ccc(C)c(C)c2)CCCC1. The largest absolute Gasteiger partial charge is 0.385 e. The molecular weight excluding hydrogens is 224 g/mol. The molecule has 0 heterocycles. The van der Waals surface area contributed by atoms with Gasteiger partial charge >= 0.3 is 0 Å². The maximum Gasteiger partial charge on any atom is 0.108 e. The van der Waals surface area contributed by atoms with Crippen molar-refractivity contribution in [2.45, 2.75) is 58.2 Å². The molecule has 0 amide bonds. The van der Waals surface area contributed by atoms with Gasteiger partial charge in [-0.05, 0) is 50.3 Å². The molecule has 1 saturated carbocycles. The second-order valence-electron chi connectivity index (χ2n) is 5.45. The highest BCUT2D eigenvalue weighted by Crippen LogP contribution is 2.43. The van der Waals surface area contributed by atoms with Crippen LogP contribution in [0, 0.1) is 13.8 Å². The van der Waals surface area contributed by atoms with E-state index in [1.54, 1.807) is 0 Å². The summed E-state index contributed by atoms with van der Waals surface area (Å²) in [7, 11) is 0. The van der Waals surface area contributed by atoms with Crippen molar-refractivity contribution in [1.29, 1.82) is 0 Å². The fourth-order valence-electron chi connectivity index (χ4n) is 3.00. The molecule has 1 atom stereocenters. The Kier molecular flexibility index (Phi) is 4.08. The van der Waals surface area contributed by atoms with Gasteiger partial charge in [0.05, 0.1) is 5.60 Å². The van der Waals surface area contributed by atoms with Gasteiger partial charge in [-0.15, -0.1) is 0 Å². The summed E-state index contributed by atoms with van der Waals surface area (Å²) in [6.45, 7) is 6.86. The number of ether oxygens (including phenoxy) is 1. The minimum Gasteiger partial charge on any atom is -0.385 e. The maximum atomic E-state index is 10.7. The molecule has 1 aliphatic carbocycles. The van der Waals surface area contributed by atoms with Gasteiger partial charge in [0.25, 0.3) is 0 Å². The van der Waals surface area contributed by atoms with Crippen LogP contribution >= 0.6 is 0 Å². The molecule has 0 aliphatic heterocycles. The lowest BCUT2D eigenvalue weighted by atomic mass is 9.88. The van der Waals surface area contributed by atoms with E-state index in [1.165, 1.54) is 11.1 Å². The number of aliphatic hydroxyl groups is 1. The van der Waals surface area contributed by atoms with Crippen LogP contribution in [0.1, 0.15) is 55.4 Å². The summed E-state index contributed by atoms with van der Waals surface area (Å²) < 4.78 is 5.93. The molecule has 1 fully saturated rings. The molecule has 1 aromatic rings. The fraction of sp³-hybridized carbons (Fsp3) is 0.625. The van der Waals surface area contributed by atoms with Crippen LogP contribution in [-0.4, -0.2) is 17.3 Å². The zero-order valence-corrected chi connectivity index (χ0v) is 11.7. The number of rotatable bonds is 4. The van der Waals surface area contributed by atoms with Gasteiger partial charge in [0.2, 0.25) is 0 Å². The van der Waals surface area contributed by atoms with Crippen molar-refractivity contribution in [1.82, 2.24) is 0 Å². The maximum absolute atomic E-state index is 10.7. The summed E-state index contributed by atoms with van der Waals surface area (Å²) >= 11 is 0. The normalized spacial score (nSPS) is 20.0. The highest BCUT2D eigenvalue weighted by molar-refractivity contribution is 5.32. The van der Waals surface area contributed by atoms with Gasteiger partial charge in [0.1, 0.15) is 6.10 Å². The molecule has 1 unspecified atom stereocenters. The van der Waals surface area contributed by atoms with E-state index < -0.39 is 6.10 Å². The van der Waals surface area contributed by atoms with Crippen molar-refractivity contribution in [3.63, 3.8) is 0 Å². The Morgan fingerprint density at radius 1 is 1.22 bits per heavy atom. The average molecular weight is 248 g/mol. The molecule has 18 heavy (non-hydrogen) atoms. The molecule has 0 radical (unpaired) electrons. The Bertz CT molecular complexity index is 406. The second kappa shape index (κ2) is 5.41. The van der Waals surface area contributed by atoms with E-state index >= 15 is 0 Å². The van der Waals surface area contributed by atoms with E-state index in [9.17, 15) is 5.11 Å². The van der Waals surface area contributed by atoms with Crippen LogP contribution in [0.25, 0.3) is 0 Å². The van der Waals surface area contributed by atoms with Crippen molar-refractivity contribution >= 4 is 0 Å². The predicted octanol–water partition coefficient (Wildman–Crippen LogP) is 3.69. The average Bonchev–Trinajstić information content (AvgIpc) is 2.82. The zero-order chi connectivity index (χ0) is 13.2. The number of hydrogen-bond acceptors (Lipinski definition) is 2. The molecular formula is C16H24O2. The first kappa shape index (κ1) is 13.6. The molecule has 0 aromatic heterocycles. The Balaban J connectivity index is 2.27. The van der Waals surface area contributed by atoms with Crippen molar-refractivity contribution in [3.8, 4) is 0 Å². The molecule has 0 saturated heterocycles. The molecule has 1 aromatic carbocycles. The monoisotopic (exact) mass is 248 g/mol. The van der Waals surface area contributed by atoms with Gasteiger partial charge < -0.3 is 9.84 Å². The first-order chi connectivity index (χ1) is 8.59. The van der Waals surface area contributed by atoms with Gasteiger partial charge in [-0.2, -0.15) is 0 Å². The zero-order valence-electron chi connectivity index (χ0n) is 11.7. The third-order valence-corrected chi connectivity index (χ3v) is 4.23. The van der Waals surface area contributed by atoms with E-state index in [2.05, 4.69) is 26.0 Å². The first-order valence-electron chi connectivity index (χ1n) is 6.98. The quantitative estimate of drug-likeness (QED) is 0.880. The van der Waals surface area contributed by atoms with Crippen LogP contribution in [0.15, 0.2) is 18.2 Å². The van der Waals surface area contributed by atoms with Gasteiger partial charge in [0.15, 0.2) is 0 Å². The van der Waals surface area contributed by atoms with Gasteiger partial charge in [-0.25, -0.2) is 0 Å². The lowest BCUT2D eigenvalue weighted by Gasteiger charge is -2.34. The van der Waals surface area contributed by atoms with E-state index in [4.69, 9.17) is 4.74 Å². The van der Waals surface area contributed by atoms with Crippen molar-refractivity contribution in [2.75, 3.05) is 6.61 Å². The molecule has 1 aliphatic rings. The van der Waals surface area contributed by atoms with E-state index in [0.717, 1.165) is 31.2 Å². The van der Waals surface area contributed by atoms with E-state index in [1.807, 2.05) is 13.0 Å². The molecule has 2 nitrogen and oxygen atoms in total. The topological polar surface area (TPSA) is 29.5 Å². The molecule has 0 spiro atoms. The molecule has 1 N–H and O–H groups in total. The summed E-state index contributed by atoms with van der Waals surface area (Å²) in [5.41, 5.74) is 3.14. The van der Waals surface area contributed by atoms with Crippen LogP contribution in [0.3, 0.4) is 0 Å². The molecule has 100 valence electrons. The molecule has 2 heteroatoms. The number of hydrogen-bond donors (Lipinski definition) is 1. The summed E-state index contributed by atoms with van der Waals surface area (Å²) in [5.74, 6) is 0. The van der Waals surface area contributed by atoms with Crippen molar-refractivity contribution < 1.29 is 9.84 Å². The lowest BCUT2D eigenvalue weighted by molar-refractivity contribution is -0.118. The van der Waals surface area contributed by atoms with Crippen LogP contribution in [0.5, 0.6) is 0 Å². The van der Waals surface area contributed by atoms with Crippen molar-refractivity contribution in [3.05, 3.63) is 34.9 Å². The number of aliphatic hydroxyl groups excluding tert-OH is 1. The third kappa shape index (κ3) is 2.45. The third-order valence-electron chi connectivity index (χ3n) is 4.23. The second-order valence-corrected chi connectivity index (χ2v) is 5.45. The summed E-state index contributed by atoms with van der Waals surface area (Å²) in [6.07, 6.45) is 3.74. The summed E-state index contributed by atoms with van der Waals surface area (Å²) in [6, 6.07) is 6.22. The van der Waals surface area contributed by atoms with Gasteiger partial charge in [-0.1, -0.05) is 31.0 Å². The Morgan fingerprint density at radius 3 is 2.44 bits per heavy atom. The van der Waals surface area contributed by atoms with E-state index in [-0.39, 0.29) is 5.60 Å². The minimum absolute atomic E-state index is 0.351. The van der Waals surface area contributed by atoms with Gasteiger partial charge in [-0.3, -0.25) is 0 Å². The van der Waals surface area contributed by atoms with Crippen LogP contribution in [0.2, 0.25) is 0 Å². The van der Waals surface area contributed by atoms with Crippen LogP contribution in [-0.2, 0) is 4.74 Å². The van der Waals surface area contributed by atoms with E-state index in [0.29, 0.717) is 6.61 Å². The predicted molar refractivity (Wildman–Crippen MR) is 73.7 cm³/mol. The molecule has 2 rings (SSSR count). The van der Waals surface area contributed by atoms with Crippen LogP contribution in [0.4, 0.5) is 0 Å². The highest BCUT2D eigenvalue weighted by atomic mass is 16.5. The highest BCUT2D eigenvalue weighted by Gasteiger charge is 2.42.